The number of hydrogen-bond acceptors (Lipinski definition) is 2. The molecule has 0 aliphatic carbocycles. The van der Waals surface area contributed by atoms with Crippen LogP contribution in [-0.4, -0.2) is 29.3 Å². The van der Waals surface area contributed by atoms with Gasteiger partial charge in [-0.25, -0.2) is 0 Å². The minimum Gasteiger partial charge on any atom is -0.352 e. The fraction of sp³-hybridized carbons (Fsp3) is 0.400. The van der Waals surface area contributed by atoms with Gasteiger partial charge in [0.15, 0.2) is 5.96 Å². The van der Waals surface area contributed by atoms with Crippen molar-refractivity contribution < 1.29 is 0 Å². The van der Waals surface area contributed by atoms with E-state index >= 15 is 0 Å². The number of guanidine groups is 1. The van der Waals surface area contributed by atoms with Crippen LogP contribution in [0.4, 0.5) is 0 Å². The first kappa shape index (κ1) is 14.8. The van der Waals surface area contributed by atoms with Gasteiger partial charge in [-0.15, -0.1) is 30.4 Å². The fourth-order valence-electron chi connectivity index (χ4n) is 1.10. The van der Waals surface area contributed by atoms with Crippen molar-refractivity contribution in [3.8, 4) is 12.3 Å². The molecule has 0 aliphatic rings. The molecule has 0 saturated heterocycles. The summed E-state index contributed by atoms with van der Waals surface area (Å²) in [6, 6.07) is 0. The molecular weight excluding hydrogens is 317 g/mol. The van der Waals surface area contributed by atoms with Gasteiger partial charge >= 0.3 is 0 Å². The lowest BCUT2D eigenvalue weighted by Gasteiger charge is -2.08. The molecule has 16 heavy (non-hydrogen) atoms. The summed E-state index contributed by atoms with van der Waals surface area (Å²) in [6.07, 6.45) is 8.89. The van der Waals surface area contributed by atoms with Gasteiger partial charge in [0.2, 0.25) is 0 Å². The molecule has 0 aliphatic heterocycles. The Hall–Kier alpha value is -1.23. The molecular formula is C10H16IN5. The predicted molar refractivity (Wildman–Crippen MR) is 75.7 cm³/mol. The molecule has 0 radical (unpaired) electrons. The topological polar surface area (TPSA) is 54.2 Å². The van der Waals surface area contributed by atoms with Crippen molar-refractivity contribution in [1.29, 1.82) is 0 Å². The SMILES string of the molecule is C#CCNC(=NC)NCc1cnn(C)c1.I. The zero-order valence-electron chi connectivity index (χ0n) is 9.40. The Morgan fingerprint density at radius 1 is 1.62 bits per heavy atom. The summed E-state index contributed by atoms with van der Waals surface area (Å²) >= 11 is 0. The first-order valence-corrected chi connectivity index (χ1v) is 4.61. The molecule has 0 aromatic carbocycles. The molecule has 0 amide bonds. The van der Waals surface area contributed by atoms with Crippen LogP contribution in [0, 0.1) is 12.3 Å². The molecule has 0 spiro atoms. The van der Waals surface area contributed by atoms with Crippen LogP contribution in [-0.2, 0) is 13.6 Å². The average Bonchev–Trinajstić information content (AvgIpc) is 2.65. The molecule has 0 unspecified atom stereocenters. The van der Waals surface area contributed by atoms with Gasteiger partial charge < -0.3 is 10.6 Å². The molecule has 0 atom stereocenters. The lowest BCUT2D eigenvalue weighted by atomic mass is 10.4. The molecule has 1 rings (SSSR count). The monoisotopic (exact) mass is 333 g/mol. The van der Waals surface area contributed by atoms with Crippen molar-refractivity contribution in [2.24, 2.45) is 12.0 Å². The van der Waals surface area contributed by atoms with Crippen LogP contribution >= 0.6 is 24.0 Å². The normalized spacial score (nSPS) is 10.2. The van der Waals surface area contributed by atoms with Crippen LogP contribution in [0.3, 0.4) is 0 Å². The van der Waals surface area contributed by atoms with Crippen molar-refractivity contribution in [2.75, 3.05) is 13.6 Å². The maximum absolute atomic E-state index is 5.13. The van der Waals surface area contributed by atoms with Crippen LogP contribution in [0.2, 0.25) is 0 Å². The molecule has 2 N–H and O–H groups in total. The van der Waals surface area contributed by atoms with Crippen molar-refractivity contribution in [1.82, 2.24) is 20.4 Å². The number of rotatable bonds is 3. The Bertz CT molecular complexity index is 377. The first-order chi connectivity index (χ1) is 7.26. The third-order valence-electron chi connectivity index (χ3n) is 1.80. The standard InChI is InChI=1S/C10H15N5.HI/c1-4-5-12-10(11-2)13-6-9-7-14-15(3)8-9;/h1,7-8H,5-6H2,2-3H3,(H2,11,12,13);1H. The highest BCUT2D eigenvalue weighted by Crippen LogP contribution is 1.94. The summed E-state index contributed by atoms with van der Waals surface area (Å²) < 4.78 is 1.76. The van der Waals surface area contributed by atoms with E-state index in [4.69, 9.17) is 6.42 Å². The lowest BCUT2D eigenvalue weighted by Crippen LogP contribution is -2.36. The van der Waals surface area contributed by atoms with Crippen LogP contribution in [0.15, 0.2) is 17.4 Å². The van der Waals surface area contributed by atoms with E-state index in [9.17, 15) is 0 Å². The quantitative estimate of drug-likeness (QED) is 0.363. The molecule has 1 aromatic rings. The first-order valence-electron chi connectivity index (χ1n) is 4.61. The van der Waals surface area contributed by atoms with E-state index in [1.165, 1.54) is 0 Å². The summed E-state index contributed by atoms with van der Waals surface area (Å²) in [4.78, 5) is 4.02. The van der Waals surface area contributed by atoms with E-state index < -0.39 is 0 Å². The molecule has 88 valence electrons. The van der Waals surface area contributed by atoms with Crippen molar-refractivity contribution in [2.45, 2.75) is 6.54 Å². The highest BCUT2D eigenvalue weighted by Gasteiger charge is 1.98. The van der Waals surface area contributed by atoms with Gasteiger partial charge in [-0.1, -0.05) is 5.92 Å². The number of aliphatic imine (C=N–C) groups is 1. The Kier molecular flexibility index (Phi) is 7.37. The van der Waals surface area contributed by atoms with Crippen molar-refractivity contribution in [3.05, 3.63) is 18.0 Å². The Labute approximate surface area is 113 Å². The number of aryl methyl sites for hydroxylation is 1. The van der Waals surface area contributed by atoms with E-state index in [1.807, 2.05) is 19.4 Å². The number of terminal acetylenes is 1. The van der Waals surface area contributed by atoms with Crippen LogP contribution in [0.1, 0.15) is 5.56 Å². The van der Waals surface area contributed by atoms with Gasteiger partial charge in [0.05, 0.1) is 12.7 Å². The highest BCUT2D eigenvalue weighted by molar-refractivity contribution is 14.0. The van der Waals surface area contributed by atoms with Gasteiger partial charge in [0.25, 0.3) is 0 Å². The summed E-state index contributed by atoms with van der Waals surface area (Å²) in [6.45, 7) is 1.14. The Balaban J connectivity index is 0.00000225. The zero-order chi connectivity index (χ0) is 11.1. The number of aromatic nitrogens is 2. The van der Waals surface area contributed by atoms with Crippen LogP contribution in [0.5, 0.6) is 0 Å². The molecule has 1 aromatic heterocycles. The molecule has 0 bridgehead atoms. The Morgan fingerprint density at radius 3 is 2.88 bits per heavy atom. The summed E-state index contributed by atoms with van der Waals surface area (Å²) in [5, 5.41) is 10.2. The van der Waals surface area contributed by atoms with Gasteiger partial charge in [-0.05, 0) is 0 Å². The van der Waals surface area contributed by atoms with Crippen molar-refractivity contribution in [3.63, 3.8) is 0 Å². The predicted octanol–water partition coefficient (Wildman–Crippen LogP) is 0.336. The zero-order valence-corrected chi connectivity index (χ0v) is 11.7. The van der Waals surface area contributed by atoms with E-state index in [0.29, 0.717) is 19.0 Å². The maximum atomic E-state index is 5.13. The van der Waals surface area contributed by atoms with E-state index in [2.05, 4.69) is 26.6 Å². The molecule has 0 fully saturated rings. The summed E-state index contributed by atoms with van der Waals surface area (Å²) in [5.74, 6) is 3.18. The van der Waals surface area contributed by atoms with E-state index in [0.717, 1.165) is 5.56 Å². The minimum absolute atomic E-state index is 0. The number of nitrogens with one attached hydrogen (secondary N) is 2. The molecule has 0 saturated carbocycles. The van der Waals surface area contributed by atoms with E-state index in [-0.39, 0.29) is 24.0 Å². The van der Waals surface area contributed by atoms with Crippen LogP contribution < -0.4 is 10.6 Å². The second-order valence-corrected chi connectivity index (χ2v) is 3.01. The minimum atomic E-state index is 0. The summed E-state index contributed by atoms with van der Waals surface area (Å²) in [5.41, 5.74) is 1.10. The smallest absolute Gasteiger partial charge is 0.192 e. The molecule has 6 heteroatoms. The second-order valence-electron chi connectivity index (χ2n) is 3.01. The second kappa shape index (κ2) is 7.98. The average molecular weight is 333 g/mol. The molecule has 1 heterocycles. The fourth-order valence-corrected chi connectivity index (χ4v) is 1.10. The van der Waals surface area contributed by atoms with Crippen LogP contribution in [0.25, 0.3) is 0 Å². The highest BCUT2D eigenvalue weighted by atomic mass is 127. The van der Waals surface area contributed by atoms with Gasteiger partial charge in [-0.2, -0.15) is 5.10 Å². The molecule has 5 nitrogen and oxygen atoms in total. The number of nitrogens with zero attached hydrogens (tertiary/aromatic N) is 3. The third kappa shape index (κ3) is 5.02. The lowest BCUT2D eigenvalue weighted by molar-refractivity contribution is 0.765. The summed E-state index contributed by atoms with van der Waals surface area (Å²) in [7, 11) is 3.59. The van der Waals surface area contributed by atoms with Gasteiger partial charge in [0, 0.05) is 32.4 Å². The number of hydrogen-bond donors (Lipinski definition) is 2. The maximum Gasteiger partial charge on any atom is 0.192 e. The largest absolute Gasteiger partial charge is 0.352 e. The van der Waals surface area contributed by atoms with E-state index in [1.54, 1.807) is 11.7 Å². The van der Waals surface area contributed by atoms with Crippen molar-refractivity contribution >= 4 is 29.9 Å². The third-order valence-corrected chi connectivity index (χ3v) is 1.80. The number of halogens is 1. The van der Waals surface area contributed by atoms with Gasteiger partial charge in [0.1, 0.15) is 0 Å². The Morgan fingerprint density at radius 2 is 2.38 bits per heavy atom. The van der Waals surface area contributed by atoms with Gasteiger partial charge in [-0.3, -0.25) is 9.67 Å².